The lowest BCUT2D eigenvalue weighted by Crippen LogP contribution is -2.41. The molecule has 5 nitrogen and oxygen atoms in total. The van der Waals surface area contributed by atoms with E-state index in [2.05, 4.69) is 29.6 Å². The van der Waals surface area contributed by atoms with Crippen molar-refractivity contribution in [1.29, 1.82) is 0 Å². The molecule has 1 N–H and O–H groups in total. The van der Waals surface area contributed by atoms with Gasteiger partial charge < -0.3 is 5.32 Å². The van der Waals surface area contributed by atoms with Crippen molar-refractivity contribution in [3.8, 4) is 0 Å². The molecule has 0 aromatic heterocycles. The lowest BCUT2D eigenvalue weighted by atomic mass is 9.81. The van der Waals surface area contributed by atoms with Gasteiger partial charge in [0.2, 0.25) is 17.7 Å². The molecule has 0 bridgehead atoms. The Morgan fingerprint density at radius 1 is 0.867 bits per heavy atom. The van der Waals surface area contributed by atoms with E-state index in [0.29, 0.717) is 6.54 Å². The van der Waals surface area contributed by atoms with Gasteiger partial charge in [0.25, 0.3) is 0 Å². The van der Waals surface area contributed by atoms with Crippen LogP contribution in [-0.4, -0.2) is 35.7 Å². The van der Waals surface area contributed by atoms with E-state index >= 15 is 0 Å². The molecule has 2 aliphatic rings. The molecule has 4 rings (SSSR count). The van der Waals surface area contributed by atoms with E-state index in [0.717, 1.165) is 32.1 Å². The van der Waals surface area contributed by atoms with Crippen LogP contribution in [-0.2, 0) is 14.4 Å². The number of nitrogens with zero attached hydrogens (tertiary/aromatic N) is 1. The van der Waals surface area contributed by atoms with E-state index in [1.54, 1.807) is 0 Å². The molecule has 1 saturated carbocycles. The maximum absolute atomic E-state index is 12.6. The molecule has 2 aromatic carbocycles. The molecule has 2 fully saturated rings. The first-order chi connectivity index (χ1) is 14.6. The zero-order valence-electron chi connectivity index (χ0n) is 17.1. The Hall–Kier alpha value is -2.95. The van der Waals surface area contributed by atoms with E-state index in [1.807, 2.05) is 36.4 Å². The first-order valence-electron chi connectivity index (χ1n) is 10.9. The maximum Gasteiger partial charge on any atom is 0.240 e. The summed E-state index contributed by atoms with van der Waals surface area (Å²) in [6, 6.07) is 20.5. The lowest BCUT2D eigenvalue weighted by molar-refractivity contribution is -0.143. The quantitative estimate of drug-likeness (QED) is 0.719. The van der Waals surface area contributed by atoms with Gasteiger partial charge in [-0.1, -0.05) is 73.5 Å². The number of carbonyl (C=O) groups excluding carboxylic acids is 3. The van der Waals surface area contributed by atoms with E-state index in [1.165, 1.54) is 16.0 Å². The summed E-state index contributed by atoms with van der Waals surface area (Å²) in [6.07, 6.45) is 4.25. The third-order valence-corrected chi connectivity index (χ3v) is 6.39. The molecule has 1 saturated heterocycles. The minimum Gasteiger partial charge on any atom is -0.355 e. The highest BCUT2D eigenvalue weighted by atomic mass is 16.2. The van der Waals surface area contributed by atoms with Gasteiger partial charge in [-0.2, -0.15) is 0 Å². The van der Waals surface area contributed by atoms with E-state index in [9.17, 15) is 14.4 Å². The van der Waals surface area contributed by atoms with Crippen LogP contribution >= 0.6 is 0 Å². The standard InChI is InChI=1S/C25H28N2O3/c28-23(17-27-24(29)21-13-7-8-14-22(21)25(27)30)26-16-15-20(18-9-3-1-4-10-18)19-11-5-2-6-12-19/h1-6,9-12,20-22H,7-8,13-17H2,(H,26,28)/t21-,22-/m0/s1. The monoisotopic (exact) mass is 404 g/mol. The minimum atomic E-state index is -0.268. The molecule has 30 heavy (non-hydrogen) atoms. The van der Waals surface area contributed by atoms with Gasteiger partial charge in [0, 0.05) is 12.5 Å². The summed E-state index contributed by atoms with van der Waals surface area (Å²) < 4.78 is 0. The Morgan fingerprint density at radius 2 is 1.37 bits per heavy atom. The number of rotatable bonds is 7. The SMILES string of the molecule is O=C(CN1C(=O)[C@H]2CCCC[C@@H]2C1=O)NCCC(c1ccccc1)c1ccccc1. The zero-order chi connectivity index (χ0) is 20.9. The van der Waals surface area contributed by atoms with Gasteiger partial charge in [0.15, 0.2) is 0 Å². The summed E-state index contributed by atoms with van der Waals surface area (Å²) in [7, 11) is 0. The first kappa shape index (κ1) is 20.3. The van der Waals surface area contributed by atoms with Crippen LogP contribution in [0.2, 0.25) is 0 Å². The highest BCUT2D eigenvalue weighted by Crippen LogP contribution is 2.37. The van der Waals surface area contributed by atoms with Gasteiger partial charge in [-0.25, -0.2) is 0 Å². The fourth-order valence-corrected chi connectivity index (χ4v) is 4.84. The highest BCUT2D eigenvalue weighted by molar-refractivity contribution is 6.07. The van der Waals surface area contributed by atoms with Crippen molar-refractivity contribution >= 4 is 17.7 Å². The van der Waals surface area contributed by atoms with Crippen molar-refractivity contribution in [2.75, 3.05) is 13.1 Å². The number of hydrogen-bond acceptors (Lipinski definition) is 3. The molecule has 0 spiro atoms. The summed E-state index contributed by atoms with van der Waals surface area (Å²) in [4.78, 5) is 38.8. The molecule has 2 aromatic rings. The summed E-state index contributed by atoms with van der Waals surface area (Å²) in [5.74, 6) is -0.836. The van der Waals surface area contributed by atoms with Crippen molar-refractivity contribution in [3.63, 3.8) is 0 Å². The van der Waals surface area contributed by atoms with Gasteiger partial charge >= 0.3 is 0 Å². The number of carbonyl (C=O) groups is 3. The van der Waals surface area contributed by atoms with Crippen molar-refractivity contribution in [2.45, 2.75) is 38.0 Å². The number of amides is 3. The number of benzene rings is 2. The van der Waals surface area contributed by atoms with E-state index in [4.69, 9.17) is 0 Å². The molecule has 0 unspecified atom stereocenters. The van der Waals surface area contributed by atoms with Crippen LogP contribution in [0, 0.1) is 11.8 Å². The number of nitrogens with one attached hydrogen (secondary N) is 1. The molecule has 5 heteroatoms. The zero-order valence-corrected chi connectivity index (χ0v) is 17.1. The molecular weight excluding hydrogens is 376 g/mol. The maximum atomic E-state index is 12.6. The van der Waals surface area contributed by atoms with Crippen LogP contribution in [0.25, 0.3) is 0 Å². The van der Waals surface area contributed by atoms with Gasteiger partial charge in [-0.05, 0) is 30.4 Å². The van der Waals surface area contributed by atoms with E-state index in [-0.39, 0.29) is 42.0 Å². The van der Waals surface area contributed by atoms with Crippen LogP contribution < -0.4 is 5.32 Å². The third-order valence-electron chi connectivity index (χ3n) is 6.39. The molecule has 0 radical (unpaired) electrons. The lowest BCUT2D eigenvalue weighted by Gasteiger charge is -2.19. The largest absolute Gasteiger partial charge is 0.355 e. The third kappa shape index (κ3) is 4.30. The molecule has 156 valence electrons. The Morgan fingerprint density at radius 3 is 1.87 bits per heavy atom. The number of imide groups is 1. The van der Waals surface area contributed by atoms with Gasteiger partial charge in [0.05, 0.1) is 11.8 Å². The summed E-state index contributed by atoms with van der Waals surface area (Å²) in [5, 5.41) is 2.92. The predicted molar refractivity (Wildman–Crippen MR) is 115 cm³/mol. The fourth-order valence-electron chi connectivity index (χ4n) is 4.84. The Kier molecular flexibility index (Phi) is 6.26. The predicted octanol–water partition coefficient (Wildman–Crippen LogP) is 3.50. The van der Waals surface area contributed by atoms with Crippen LogP contribution in [0.5, 0.6) is 0 Å². The van der Waals surface area contributed by atoms with Crippen molar-refractivity contribution in [1.82, 2.24) is 10.2 Å². The second-order valence-electron chi connectivity index (χ2n) is 8.27. The summed E-state index contributed by atoms with van der Waals surface area (Å²) in [6.45, 7) is 0.322. The normalized spacial score (nSPS) is 21.0. The van der Waals surface area contributed by atoms with Gasteiger partial charge in [-0.15, -0.1) is 0 Å². The number of hydrogen-bond donors (Lipinski definition) is 1. The minimum absolute atomic E-state index is 0.161. The molecule has 1 heterocycles. The van der Waals surface area contributed by atoms with E-state index < -0.39 is 0 Å². The molecular formula is C25H28N2O3. The Labute approximate surface area is 177 Å². The van der Waals surface area contributed by atoms with Crippen LogP contribution in [0.3, 0.4) is 0 Å². The fraction of sp³-hybridized carbons (Fsp3) is 0.400. The number of fused-ring (bicyclic) bond motifs is 1. The average Bonchev–Trinajstić information content (AvgIpc) is 3.03. The smallest absolute Gasteiger partial charge is 0.240 e. The van der Waals surface area contributed by atoms with Gasteiger partial charge in [0.1, 0.15) is 6.54 Å². The van der Waals surface area contributed by atoms with Crippen molar-refractivity contribution in [2.24, 2.45) is 11.8 Å². The Balaban J connectivity index is 1.35. The number of likely N-dealkylation sites (tertiary alicyclic amines) is 1. The summed E-state index contributed by atoms with van der Waals surface area (Å²) >= 11 is 0. The second-order valence-corrected chi connectivity index (χ2v) is 8.27. The summed E-state index contributed by atoms with van der Waals surface area (Å²) in [5.41, 5.74) is 2.40. The van der Waals surface area contributed by atoms with Crippen LogP contribution in [0.1, 0.15) is 49.1 Å². The molecule has 2 atom stereocenters. The van der Waals surface area contributed by atoms with Crippen LogP contribution in [0.15, 0.2) is 60.7 Å². The highest BCUT2D eigenvalue weighted by Gasteiger charge is 2.48. The molecule has 1 aliphatic heterocycles. The molecule has 1 aliphatic carbocycles. The van der Waals surface area contributed by atoms with Crippen LogP contribution in [0.4, 0.5) is 0 Å². The average molecular weight is 405 g/mol. The van der Waals surface area contributed by atoms with Crippen molar-refractivity contribution < 1.29 is 14.4 Å². The Bertz CT molecular complexity index is 834. The topological polar surface area (TPSA) is 66.5 Å². The second kappa shape index (κ2) is 9.24. The first-order valence-corrected chi connectivity index (χ1v) is 10.9. The van der Waals surface area contributed by atoms with Crippen molar-refractivity contribution in [3.05, 3.63) is 71.8 Å². The van der Waals surface area contributed by atoms with Gasteiger partial charge in [-0.3, -0.25) is 19.3 Å². The molecule has 3 amide bonds.